The van der Waals surface area contributed by atoms with Gasteiger partial charge in [0, 0.05) is 16.2 Å². The lowest BCUT2D eigenvalue weighted by atomic mass is 10.2. The lowest BCUT2D eigenvalue weighted by Crippen LogP contribution is -2.05. The summed E-state index contributed by atoms with van der Waals surface area (Å²) in [6.07, 6.45) is -2.26. The van der Waals surface area contributed by atoms with Crippen molar-refractivity contribution in [2.24, 2.45) is 5.10 Å². The third kappa shape index (κ3) is 6.43. The molecule has 3 aromatic rings. The van der Waals surface area contributed by atoms with E-state index in [0.29, 0.717) is 33.7 Å². The molecule has 0 aliphatic heterocycles. The van der Waals surface area contributed by atoms with Gasteiger partial charge in [0.05, 0.1) is 18.4 Å². The van der Waals surface area contributed by atoms with E-state index in [1.807, 2.05) is 6.92 Å². The van der Waals surface area contributed by atoms with Gasteiger partial charge in [-0.25, -0.2) is 9.37 Å². The first-order chi connectivity index (χ1) is 15.3. The van der Waals surface area contributed by atoms with E-state index in [9.17, 15) is 17.6 Å². The second-order valence-electron chi connectivity index (χ2n) is 6.47. The van der Waals surface area contributed by atoms with Crippen LogP contribution < -0.4 is 14.9 Å². The van der Waals surface area contributed by atoms with E-state index >= 15 is 0 Å². The summed E-state index contributed by atoms with van der Waals surface area (Å²) in [4.78, 5) is 3.69. The fourth-order valence-corrected chi connectivity index (χ4v) is 3.04. The summed E-state index contributed by atoms with van der Waals surface area (Å²) in [5.74, 6) is 0.725. The molecule has 0 fully saturated rings. The van der Waals surface area contributed by atoms with Crippen LogP contribution in [0.3, 0.4) is 0 Å². The molecule has 0 amide bonds. The van der Waals surface area contributed by atoms with Gasteiger partial charge in [-0.05, 0) is 64.8 Å². The molecule has 0 spiro atoms. The summed E-state index contributed by atoms with van der Waals surface area (Å²) in [5.41, 5.74) is 3.04. The second kappa shape index (κ2) is 10.4. The number of aromatic nitrogens is 1. The molecule has 3 rings (SSSR count). The van der Waals surface area contributed by atoms with E-state index in [1.54, 1.807) is 24.3 Å². The van der Waals surface area contributed by atoms with Crippen LogP contribution in [0, 0.1) is 5.82 Å². The predicted molar refractivity (Wildman–Crippen MR) is 116 cm³/mol. The molecule has 0 saturated heterocycles. The minimum absolute atomic E-state index is 0.152. The molecule has 32 heavy (non-hydrogen) atoms. The van der Waals surface area contributed by atoms with Gasteiger partial charge in [0.15, 0.2) is 11.5 Å². The molecule has 0 radical (unpaired) electrons. The van der Waals surface area contributed by atoms with E-state index in [2.05, 4.69) is 31.4 Å². The molecule has 5 nitrogen and oxygen atoms in total. The number of hydrazone groups is 1. The number of benzene rings is 2. The number of ether oxygens (including phenoxy) is 2. The highest BCUT2D eigenvalue weighted by atomic mass is 79.9. The van der Waals surface area contributed by atoms with Gasteiger partial charge in [0.25, 0.3) is 0 Å². The first kappa shape index (κ1) is 23.5. The van der Waals surface area contributed by atoms with Gasteiger partial charge in [-0.15, -0.1) is 0 Å². The Morgan fingerprint density at radius 2 is 1.88 bits per heavy atom. The number of hydrogen-bond donors (Lipinski definition) is 1. The van der Waals surface area contributed by atoms with Gasteiger partial charge in [-0.1, -0.05) is 12.1 Å². The molecule has 0 atom stereocenters. The molecule has 0 saturated carbocycles. The molecule has 168 valence electrons. The van der Waals surface area contributed by atoms with Crippen LogP contribution >= 0.6 is 15.9 Å². The van der Waals surface area contributed by atoms with Crippen molar-refractivity contribution < 1.29 is 27.0 Å². The second-order valence-corrected chi connectivity index (χ2v) is 7.33. The van der Waals surface area contributed by atoms with Gasteiger partial charge in [-0.3, -0.25) is 5.43 Å². The average molecular weight is 512 g/mol. The van der Waals surface area contributed by atoms with Crippen LogP contribution in [0.25, 0.3) is 0 Å². The lowest BCUT2D eigenvalue weighted by molar-refractivity contribution is -0.137. The van der Waals surface area contributed by atoms with Gasteiger partial charge in [-0.2, -0.15) is 18.3 Å². The first-order valence-corrected chi connectivity index (χ1v) is 10.2. The Morgan fingerprint density at radius 3 is 2.53 bits per heavy atom. The van der Waals surface area contributed by atoms with Crippen LogP contribution in [0.4, 0.5) is 23.4 Å². The Morgan fingerprint density at radius 1 is 1.09 bits per heavy atom. The minimum atomic E-state index is -4.45. The maximum Gasteiger partial charge on any atom is 0.417 e. The van der Waals surface area contributed by atoms with Crippen molar-refractivity contribution in [3.05, 3.63) is 81.7 Å². The fraction of sp³-hybridized carbons (Fsp3) is 0.182. The maximum atomic E-state index is 13.4. The highest BCUT2D eigenvalue weighted by Crippen LogP contribution is 2.34. The van der Waals surface area contributed by atoms with Crippen LogP contribution in [0.1, 0.15) is 23.6 Å². The first-order valence-electron chi connectivity index (χ1n) is 9.42. The van der Waals surface area contributed by atoms with Crippen molar-refractivity contribution in [1.82, 2.24) is 4.98 Å². The number of anilines is 1. The molecular formula is C22H18BrF4N3O2. The van der Waals surface area contributed by atoms with Crippen LogP contribution in [-0.4, -0.2) is 17.8 Å². The topological polar surface area (TPSA) is 55.7 Å². The zero-order chi connectivity index (χ0) is 23.1. The standard InChI is InChI=1S/C22H18BrF4N3O2/c1-2-31-19-9-15(11-29-30-21-7-6-16(12-28-21)22(25,26)27)18(23)10-20(19)32-13-14-4-3-5-17(24)8-14/h3-12H,2,13H2,1H3,(H,28,30)/b29-11-. The summed E-state index contributed by atoms with van der Waals surface area (Å²) < 4.78 is 63.2. The van der Waals surface area contributed by atoms with Crippen molar-refractivity contribution in [3.8, 4) is 11.5 Å². The van der Waals surface area contributed by atoms with Crippen molar-refractivity contribution in [2.75, 3.05) is 12.0 Å². The van der Waals surface area contributed by atoms with E-state index in [4.69, 9.17) is 9.47 Å². The van der Waals surface area contributed by atoms with Crippen molar-refractivity contribution in [1.29, 1.82) is 0 Å². The number of nitrogens with zero attached hydrogens (tertiary/aromatic N) is 2. The summed E-state index contributed by atoms with van der Waals surface area (Å²) in [5, 5.41) is 4.01. The summed E-state index contributed by atoms with van der Waals surface area (Å²) >= 11 is 3.43. The van der Waals surface area contributed by atoms with Gasteiger partial charge in [0.1, 0.15) is 18.2 Å². The number of pyridine rings is 1. The monoisotopic (exact) mass is 511 g/mol. The lowest BCUT2D eigenvalue weighted by Gasteiger charge is -2.14. The number of halogens is 5. The molecule has 0 bridgehead atoms. The number of rotatable bonds is 8. The van der Waals surface area contributed by atoms with Gasteiger partial charge in [0.2, 0.25) is 0 Å². The van der Waals surface area contributed by atoms with E-state index in [-0.39, 0.29) is 18.2 Å². The number of hydrogen-bond acceptors (Lipinski definition) is 5. The highest BCUT2D eigenvalue weighted by Gasteiger charge is 2.30. The molecule has 0 unspecified atom stereocenters. The van der Waals surface area contributed by atoms with Crippen molar-refractivity contribution in [3.63, 3.8) is 0 Å². The zero-order valence-corrected chi connectivity index (χ0v) is 18.4. The number of nitrogens with one attached hydrogen (secondary N) is 1. The normalized spacial score (nSPS) is 11.6. The third-order valence-electron chi connectivity index (χ3n) is 4.12. The van der Waals surface area contributed by atoms with Crippen LogP contribution in [0.5, 0.6) is 11.5 Å². The van der Waals surface area contributed by atoms with E-state index in [0.717, 1.165) is 12.3 Å². The van der Waals surface area contributed by atoms with Crippen LogP contribution in [0.15, 0.2) is 64.3 Å². The molecule has 10 heteroatoms. The Kier molecular flexibility index (Phi) is 7.68. The summed E-state index contributed by atoms with van der Waals surface area (Å²) in [7, 11) is 0. The van der Waals surface area contributed by atoms with Gasteiger partial charge >= 0.3 is 6.18 Å². The van der Waals surface area contributed by atoms with E-state index in [1.165, 1.54) is 24.4 Å². The molecular weight excluding hydrogens is 494 g/mol. The van der Waals surface area contributed by atoms with Crippen LogP contribution in [-0.2, 0) is 12.8 Å². The molecule has 0 aliphatic carbocycles. The largest absolute Gasteiger partial charge is 0.490 e. The van der Waals surface area contributed by atoms with E-state index < -0.39 is 11.7 Å². The average Bonchev–Trinajstić information content (AvgIpc) is 2.74. The zero-order valence-electron chi connectivity index (χ0n) is 16.8. The molecule has 1 heterocycles. The Hall–Kier alpha value is -3.14. The highest BCUT2D eigenvalue weighted by molar-refractivity contribution is 9.10. The molecule has 1 aromatic heterocycles. The Bertz CT molecular complexity index is 1090. The fourth-order valence-electron chi connectivity index (χ4n) is 2.61. The molecule has 2 aromatic carbocycles. The quantitative estimate of drug-likeness (QED) is 0.215. The van der Waals surface area contributed by atoms with Crippen LogP contribution in [0.2, 0.25) is 0 Å². The Balaban J connectivity index is 1.72. The molecule has 1 N–H and O–H groups in total. The van der Waals surface area contributed by atoms with Crippen molar-refractivity contribution >= 4 is 28.0 Å². The number of alkyl halides is 3. The SMILES string of the molecule is CCOc1cc(/C=N\Nc2ccc(C(F)(F)F)cn2)c(Br)cc1OCc1cccc(F)c1. The minimum Gasteiger partial charge on any atom is -0.490 e. The Labute approximate surface area is 190 Å². The summed E-state index contributed by atoms with van der Waals surface area (Å²) in [6.45, 7) is 2.37. The van der Waals surface area contributed by atoms with Crippen molar-refractivity contribution in [2.45, 2.75) is 19.7 Å². The predicted octanol–water partition coefficient (Wildman–Crippen LogP) is 6.43. The third-order valence-corrected chi connectivity index (χ3v) is 4.81. The van der Waals surface area contributed by atoms with Gasteiger partial charge < -0.3 is 9.47 Å². The summed E-state index contributed by atoms with van der Waals surface area (Å²) in [6, 6.07) is 11.6. The maximum absolute atomic E-state index is 13.4. The smallest absolute Gasteiger partial charge is 0.417 e. The molecule has 0 aliphatic rings.